The summed E-state index contributed by atoms with van der Waals surface area (Å²) in [6.45, 7) is 8.07. The summed E-state index contributed by atoms with van der Waals surface area (Å²) in [5.74, 6) is 0.822. The molecule has 5 rings (SSSR count). The number of aromatic nitrogens is 3. The average molecular weight is 563 g/mol. The Kier molecular flexibility index (Phi) is 8.71. The molecule has 0 bridgehead atoms. The topological polar surface area (TPSA) is 118 Å². The van der Waals surface area contributed by atoms with E-state index in [1.807, 2.05) is 37.8 Å². The maximum absolute atomic E-state index is 13.4. The van der Waals surface area contributed by atoms with Crippen molar-refractivity contribution in [3.05, 3.63) is 71.7 Å². The number of sulfonamides is 1. The number of nitrogens with zero attached hydrogens (tertiary/aromatic N) is 5. The Morgan fingerprint density at radius 1 is 1.07 bits per heavy atom. The van der Waals surface area contributed by atoms with Gasteiger partial charge >= 0.3 is 0 Å². The molecule has 0 aliphatic carbocycles. The van der Waals surface area contributed by atoms with E-state index in [1.54, 1.807) is 41.6 Å². The van der Waals surface area contributed by atoms with Crippen molar-refractivity contribution in [2.75, 3.05) is 31.1 Å². The maximum Gasteiger partial charge on any atom is 0.255 e. The Labute approximate surface area is 235 Å². The van der Waals surface area contributed by atoms with Crippen molar-refractivity contribution in [1.82, 2.24) is 24.6 Å². The van der Waals surface area contributed by atoms with Crippen LogP contribution in [0.5, 0.6) is 5.88 Å². The maximum atomic E-state index is 13.4. The number of ether oxygens (including phenoxy) is 1. The van der Waals surface area contributed by atoms with E-state index < -0.39 is 21.7 Å². The van der Waals surface area contributed by atoms with E-state index in [1.165, 1.54) is 6.20 Å². The fraction of sp³-hybridized carbons (Fsp3) is 0.379. The normalized spacial score (nSPS) is 18.1. The van der Waals surface area contributed by atoms with Gasteiger partial charge in [-0.1, -0.05) is 19.1 Å². The molecule has 1 saturated heterocycles. The Bertz CT molecular complexity index is 1450. The average Bonchev–Trinajstić information content (AvgIpc) is 2.97. The van der Waals surface area contributed by atoms with Crippen LogP contribution in [0.25, 0.3) is 0 Å². The number of nitrogens with one attached hydrogen (secondary N) is 1. The van der Waals surface area contributed by atoms with Gasteiger partial charge in [-0.2, -0.15) is 0 Å². The number of rotatable bonds is 6. The summed E-state index contributed by atoms with van der Waals surface area (Å²) >= 11 is 0. The fourth-order valence-electron chi connectivity index (χ4n) is 4.84. The molecule has 0 unspecified atom stereocenters. The number of terminal acetylenes is 1. The lowest BCUT2D eigenvalue weighted by Crippen LogP contribution is -2.49. The highest BCUT2D eigenvalue weighted by molar-refractivity contribution is 7.89. The van der Waals surface area contributed by atoms with Gasteiger partial charge in [-0.15, -0.1) is 12.8 Å². The molecule has 2 aromatic heterocycles. The molecule has 0 radical (unpaired) electrons. The molecule has 11 heteroatoms. The first kappa shape index (κ1) is 29.0. The highest BCUT2D eigenvalue weighted by atomic mass is 32.2. The van der Waals surface area contributed by atoms with Crippen LogP contribution in [0.1, 0.15) is 54.7 Å². The van der Waals surface area contributed by atoms with E-state index in [4.69, 9.17) is 4.74 Å². The number of hydrogen-bond acceptors (Lipinski definition) is 8. The summed E-state index contributed by atoms with van der Waals surface area (Å²) in [7, 11) is -3.81. The number of carbonyl (C=O) groups is 1. The lowest BCUT2D eigenvalue weighted by atomic mass is 9.91. The van der Waals surface area contributed by atoms with Crippen LogP contribution in [0.3, 0.4) is 0 Å². The summed E-state index contributed by atoms with van der Waals surface area (Å²) in [5.41, 5.74) is 1.37. The van der Waals surface area contributed by atoms with E-state index in [9.17, 15) is 13.2 Å². The van der Waals surface area contributed by atoms with Gasteiger partial charge < -0.3 is 14.5 Å². The Morgan fingerprint density at radius 3 is 2.35 bits per heavy atom. The van der Waals surface area contributed by atoms with Crippen molar-refractivity contribution in [2.45, 2.75) is 50.2 Å². The lowest BCUT2D eigenvalue weighted by molar-refractivity contribution is 0.0637. The van der Waals surface area contributed by atoms with Crippen molar-refractivity contribution in [3.63, 3.8) is 0 Å². The molecule has 3 aromatic rings. The summed E-state index contributed by atoms with van der Waals surface area (Å²) < 4.78 is 35.4. The van der Waals surface area contributed by atoms with Gasteiger partial charge in [0, 0.05) is 56.8 Å². The molecule has 40 heavy (non-hydrogen) atoms. The molecule has 1 N–H and O–H groups in total. The molecular formula is C29H34N6O4S. The molecule has 2 aliphatic rings. The lowest BCUT2D eigenvalue weighted by Gasteiger charge is -2.37. The van der Waals surface area contributed by atoms with Gasteiger partial charge in [0.15, 0.2) is 0 Å². The van der Waals surface area contributed by atoms with Crippen LogP contribution in [0.2, 0.25) is 0 Å². The first-order chi connectivity index (χ1) is 19.1. The number of amides is 1. The molecule has 4 heterocycles. The van der Waals surface area contributed by atoms with Gasteiger partial charge in [0.1, 0.15) is 5.60 Å². The van der Waals surface area contributed by atoms with Gasteiger partial charge in [-0.05, 0) is 50.1 Å². The predicted molar refractivity (Wildman–Crippen MR) is 152 cm³/mol. The largest absolute Gasteiger partial charge is 0.471 e. The first-order valence-electron chi connectivity index (χ1n) is 13.1. The monoisotopic (exact) mass is 562 g/mol. The molecule has 0 saturated carbocycles. The second-order valence-electron chi connectivity index (χ2n) is 10.2. The van der Waals surface area contributed by atoms with Gasteiger partial charge in [-0.3, -0.25) is 4.79 Å². The summed E-state index contributed by atoms with van der Waals surface area (Å²) in [4.78, 5) is 30.4. The summed E-state index contributed by atoms with van der Waals surface area (Å²) in [5, 5.41) is 0. The van der Waals surface area contributed by atoms with Crippen LogP contribution in [-0.4, -0.2) is 66.0 Å². The predicted octanol–water partition coefficient (Wildman–Crippen LogP) is 3.23. The molecule has 10 nitrogen and oxygen atoms in total. The van der Waals surface area contributed by atoms with Gasteiger partial charge in [0.05, 0.1) is 16.5 Å². The Morgan fingerprint density at radius 2 is 1.73 bits per heavy atom. The van der Waals surface area contributed by atoms with E-state index in [0.29, 0.717) is 55.6 Å². The third-order valence-corrected chi connectivity index (χ3v) is 8.40. The number of carbonyl (C=O) groups excluding carboxylic acids is 1. The Balaban J connectivity index is 0.00000181. The molecule has 210 valence electrons. The van der Waals surface area contributed by atoms with E-state index in [0.717, 1.165) is 12.0 Å². The standard InChI is InChI=1S/C27H32N6O4S.C2H2/c1-4-19-6-8-21(9-7-19)38(35,36)31-23-17-27(2,3)37-24-22(23)16-20(18-30-24)25(34)32-12-14-33(15-13-32)26-28-10-5-11-29-26;1-2/h5-11,16,18,23,31H,4,12-15,17H2,1-3H3;1-2H/t23-;/m0./s1. The molecule has 2 aliphatic heterocycles. The number of benzene rings is 1. The van der Waals surface area contributed by atoms with Crippen LogP contribution in [-0.2, 0) is 16.4 Å². The third-order valence-electron chi connectivity index (χ3n) is 6.91. The fourth-order valence-corrected chi connectivity index (χ4v) is 6.05. The summed E-state index contributed by atoms with van der Waals surface area (Å²) in [6.07, 6.45) is 14.1. The molecular weight excluding hydrogens is 528 g/mol. The number of aryl methyl sites for hydroxylation is 1. The van der Waals surface area contributed by atoms with E-state index >= 15 is 0 Å². The summed E-state index contributed by atoms with van der Waals surface area (Å²) in [6, 6.07) is 9.75. The molecule has 0 spiro atoms. The zero-order valence-electron chi connectivity index (χ0n) is 22.9. The van der Waals surface area contributed by atoms with Gasteiger partial charge in [0.25, 0.3) is 5.91 Å². The minimum atomic E-state index is -3.81. The smallest absolute Gasteiger partial charge is 0.255 e. The van der Waals surface area contributed by atoms with Crippen molar-refractivity contribution in [3.8, 4) is 18.7 Å². The van der Waals surface area contributed by atoms with Crippen LogP contribution in [0.15, 0.2) is 59.9 Å². The highest BCUT2D eigenvalue weighted by Gasteiger charge is 2.38. The zero-order valence-corrected chi connectivity index (χ0v) is 23.8. The van der Waals surface area contributed by atoms with Crippen molar-refractivity contribution < 1.29 is 17.9 Å². The van der Waals surface area contributed by atoms with Crippen LogP contribution in [0, 0.1) is 12.8 Å². The highest BCUT2D eigenvalue weighted by Crippen LogP contribution is 2.39. The van der Waals surface area contributed by atoms with Crippen LogP contribution < -0.4 is 14.4 Å². The second kappa shape index (κ2) is 12.0. The minimum Gasteiger partial charge on any atom is -0.471 e. The molecule has 1 atom stereocenters. The third kappa shape index (κ3) is 6.41. The van der Waals surface area contributed by atoms with Crippen molar-refractivity contribution in [2.24, 2.45) is 0 Å². The number of piperazine rings is 1. The number of anilines is 1. The molecule has 1 aromatic carbocycles. The zero-order chi connectivity index (χ0) is 28.9. The quantitative estimate of drug-likeness (QED) is 0.455. The molecule has 1 amide bonds. The van der Waals surface area contributed by atoms with Gasteiger partial charge in [0.2, 0.25) is 21.9 Å². The SMILES string of the molecule is C#C.CCc1ccc(S(=O)(=O)N[C@H]2CC(C)(C)Oc3ncc(C(=O)N4CCN(c5ncccn5)CC4)cc32)cc1. The van der Waals surface area contributed by atoms with Gasteiger partial charge in [-0.25, -0.2) is 28.1 Å². The van der Waals surface area contributed by atoms with Crippen LogP contribution >= 0.6 is 0 Å². The second-order valence-corrected chi connectivity index (χ2v) is 11.9. The number of pyridine rings is 1. The van der Waals surface area contributed by atoms with E-state index in [-0.39, 0.29) is 10.8 Å². The minimum absolute atomic E-state index is 0.157. The van der Waals surface area contributed by atoms with E-state index in [2.05, 4.69) is 32.5 Å². The van der Waals surface area contributed by atoms with Crippen molar-refractivity contribution >= 4 is 21.9 Å². The van der Waals surface area contributed by atoms with Crippen molar-refractivity contribution in [1.29, 1.82) is 0 Å². The first-order valence-corrected chi connectivity index (χ1v) is 14.6. The number of hydrogen-bond donors (Lipinski definition) is 1. The Hall–Kier alpha value is -4.01. The molecule has 1 fully saturated rings. The van der Waals surface area contributed by atoms with Crippen LogP contribution in [0.4, 0.5) is 5.95 Å². The number of fused-ring (bicyclic) bond motifs is 1.